The molecule has 1 aliphatic rings. The third kappa shape index (κ3) is 5.93. The number of ketones is 1. The maximum Gasteiger partial charge on any atom is 0.301 e. The van der Waals surface area contributed by atoms with Crippen LogP contribution in [0.5, 0.6) is 5.75 Å². The van der Waals surface area contributed by atoms with Crippen molar-refractivity contribution in [2.45, 2.75) is 35.9 Å². The Balaban J connectivity index is 1.52. The molecule has 1 amide bonds. The molecule has 1 fully saturated rings. The van der Waals surface area contributed by atoms with Crippen molar-refractivity contribution in [3.8, 4) is 5.75 Å². The molecular formula is C30H26FN3O4S2. The van der Waals surface area contributed by atoms with Gasteiger partial charge in [0.25, 0.3) is 5.78 Å². The molecule has 40 heavy (non-hydrogen) atoms. The monoisotopic (exact) mass is 575 g/mol. The molecule has 3 aromatic carbocycles. The van der Waals surface area contributed by atoms with Gasteiger partial charge in [-0.3, -0.25) is 14.5 Å². The first kappa shape index (κ1) is 27.5. The van der Waals surface area contributed by atoms with Crippen LogP contribution in [0.1, 0.15) is 42.5 Å². The largest absolute Gasteiger partial charge is 0.507 e. The summed E-state index contributed by atoms with van der Waals surface area (Å²) in [5.41, 5.74) is 1.90. The number of aromatic nitrogens is 2. The van der Waals surface area contributed by atoms with Crippen molar-refractivity contribution in [1.82, 2.24) is 10.2 Å². The number of aliphatic hydroxyl groups excluding tert-OH is 1. The first-order chi connectivity index (χ1) is 19.5. The second kappa shape index (κ2) is 12.4. The molecule has 1 unspecified atom stereocenters. The highest BCUT2D eigenvalue weighted by molar-refractivity contribution is 8.00. The molecule has 7 nitrogen and oxygen atoms in total. The van der Waals surface area contributed by atoms with E-state index in [9.17, 15) is 19.1 Å². The Kier molecular flexibility index (Phi) is 8.57. The quantitative estimate of drug-likeness (QED) is 0.0557. The lowest BCUT2D eigenvalue weighted by Gasteiger charge is -2.23. The molecule has 0 spiro atoms. The molecule has 1 aliphatic heterocycles. The van der Waals surface area contributed by atoms with Crippen LogP contribution in [0, 0.1) is 5.82 Å². The van der Waals surface area contributed by atoms with E-state index in [1.807, 2.05) is 6.07 Å². The second-order valence-corrected chi connectivity index (χ2v) is 11.3. The van der Waals surface area contributed by atoms with E-state index in [2.05, 4.69) is 17.1 Å². The first-order valence-electron chi connectivity index (χ1n) is 12.8. The zero-order valence-electron chi connectivity index (χ0n) is 21.6. The van der Waals surface area contributed by atoms with E-state index in [0.29, 0.717) is 33.6 Å². The number of Topliss-reactive ketones (excluding diaryl/α,β-unsaturated/α-hetero) is 1. The summed E-state index contributed by atoms with van der Waals surface area (Å²) in [7, 11) is 0. The van der Waals surface area contributed by atoms with Gasteiger partial charge in [-0.15, -0.1) is 10.2 Å². The Bertz CT molecular complexity index is 1540. The third-order valence-corrected chi connectivity index (χ3v) is 8.44. The molecule has 0 saturated carbocycles. The predicted octanol–water partition coefficient (Wildman–Crippen LogP) is 6.77. The van der Waals surface area contributed by atoms with Crippen LogP contribution in [-0.4, -0.2) is 33.6 Å². The molecule has 204 valence electrons. The maximum atomic E-state index is 13.4. The predicted molar refractivity (Wildman–Crippen MR) is 154 cm³/mol. The van der Waals surface area contributed by atoms with Crippen molar-refractivity contribution >= 4 is 45.7 Å². The Labute approximate surface area is 239 Å². The maximum absolute atomic E-state index is 13.4. The fraction of sp³-hybridized carbons (Fsp3) is 0.200. The van der Waals surface area contributed by atoms with Gasteiger partial charge in [0, 0.05) is 11.3 Å². The summed E-state index contributed by atoms with van der Waals surface area (Å²) in [6, 6.07) is 21.1. The summed E-state index contributed by atoms with van der Waals surface area (Å²) < 4.78 is 19.7. The van der Waals surface area contributed by atoms with Crippen molar-refractivity contribution in [3.63, 3.8) is 0 Å². The zero-order chi connectivity index (χ0) is 28.1. The smallest absolute Gasteiger partial charge is 0.301 e. The van der Waals surface area contributed by atoms with Crippen molar-refractivity contribution < 1.29 is 23.8 Å². The number of unbranched alkanes of at least 4 members (excludes halogenated alkanes) is 1. The molecule has 0 bridgehead atoms. The Morgan fingerprint density at radius 3 is 2.58 bits per heavy atom. The van der Waals surface area contributed by atoms with Gasteiger partial charge in [-0.05, 0) is 41.8 Å². The summed E-state index contributed by atoms with van der Waals surface area (Å²) in [6.45, 7) is 2.61. The minimum atomic E-state index is -0.933. The van der Waals surface area contributed by atoms with E-state index in [0.717, 1.165) is 18.4 Å². The van der Waals surface area contributed by atoms with Gasteiger partial charge in [-0.2, -0.15) is 0 Å². The van der Waals surface area contributed by atoms with Crippen molar-refractivity contribution in [1.29, 1.82) is 0 Å². The van der Waals surface area contributed by atoms with Gasteiger partial charge in [-0.25, -0.2) is 4.39 Å². The minimum Gasteiger partial charge on any atom is -0.507 e. The van der Waals surface area contributed by atoms with Crippen LogP contribution >= 0.6 is 23.1 Å². The number of amides is 1. The highest BCUT2D eigenvalue weighted by Crippen LogP contribution is 2.44. The zero-order valence-corrected chi connectivity index (χ0v) is 23.3. The summed E-state index contributed by atoms with van der Waals surface area (Å²) in [4.78, 5) is 28.2. The number of thioether (sulfide) groups is 1. The number of hydrogen-bond donors (Lipinski definition) is 1. The number of aliphatic hydroxyl groups is 1. The van der Waals surface area contributed by atoms with Crippen LogP contribution in [-0.2, 0) is 15.3 Å². The van der Waals surface area contributed by atoms with Crippen LogP contribution < -0.4 is 9.64 Å². The molecule has 5 rings (SSSR count). The number of carbonyl (C=O) groups is 2. The van der Waals surface area contributed by atoms with Gasteiger partial charge in [-0.1, -0.05) is 91.0 Å². The van der Waals surface area contributed by atoms with Gasteiger partial charge in [0.15, 0.2) is 4.34 Å². The lowest BCUT2D eigenvalue weighted by molar-refractivity contribution is -0.132. The van der Waals surface area contributed by atoms with Crippen LogP contribution in [0.2, 0.25) is 0 Å². The molecular weight excluding hydrogens is 549 g/mol. The van der Waals surface area contributed by atoms with Gasteiger partial charge in [0.05, 0.1) is 18.2 Å². The SMILES string of the molecule is CCCCOc1cccc(C2/C(=C(\O)c3ccccc3)C(=O)C(=O)N2c2nnc(SCc3ccc(F)cc3)s2)c1. The molecule has 1 aromatic heterocycles. The summed E-state index contributed by atoms with van der Waals surface area (Å²) >= 11 is 2.57. The fourth-order valence-electron chi connectivity index (χ4n) is 4.29. The van der Waals surface area contributed by atoms with Gasteiger partial charge < -0.3 is 9.84 Å². The Morgan fingerprint density at radius 2 is 1.82 bits per heavy atom. The fourth-order valence-corrected chi connectivity index (χ4v) is 6.11. The number of benzene rings is 3. The molecule has 4 aromatic rings. The molecule has 1 atom stereocenters. The lowest BCUT2D eigenvalue weighted by atomic mass is 9.95. The van der Waals surface area contributed by atoms with E-state index >= 15 is 0 Å². The average molecular weight is 576 g/mol. The molecule has 1 N–H and O–H groups in total. The van der Waals surface area contributed by atoms with Gasteiger partial charge in [0.2, 0.25) is 5.13 Å². The van der Waals surface area contributed by atoms with E-state index in [-0.39, 0.29) is 22.3 Å². The second-order valence-electron chi connectivity index (χ2n) is 9.08. The van der Waals surface area contributed by atoms with Gasteiger partial charge in [0.1, 0.15) is 17.3 Å². The van der Waals surface area contributed by atoms with Gasteiger partial charge >= 0.3 is 5.91 Å². The summed E-state index contributed by atoms with van der Waals surface area (Å²) in [5.74, 6) is -1.05. The minimum absolute atomic E-state index is 0.0300. The number of anilines is 1. The van der Waals surface area contributed by atoms with E-state index < -0.39 is 17.7 Å². The highest BCUT2D eigenvalue weighted by Gasteiger charge is 2.48. The van der Waals surface area contributed by atoms with Crippen LogP contribution in [0.15, 0.2) is 88.8 Å². The molecule has 0 radical (unpaired) electrons. The Morgan fingerprint density at radius 1 is 1.05 bits per heavy atom. The number of rotatable bonds is 10. The van der Waals surface area contributed by atoms with E-state index in [1.165, 1.54) is 40.1 Å². The topological polar surface area (TPSA) is 92.6 Å². The number of hydrogen-bond acceptors (Lipinski definition) is 8. The third-order valence-electron chi connectivity index (χ3n) is 6.31. The molecule has 2 heterocycles. The number of halogens is 1. The first-order valence-corrected chi connectivity index (χ1v) is 14.6. The standard InChI is InChI=1S/C30H26FN3O4S2/c1-2-3-16-38-23-11-7-10-21(17-23)25-24(26(35)20-8-5-4-6-9-20)27(36)28(37)34(25)29-32-33-30(40-29)39-18-19-12-14-22(31)15-13-19/h4-15,17,25,35H,2-3,16,18H2,1H3/b26-24+. The number of carbonyl (C=O) groups excluding carboxylic acids is 2. The average Bonchev–Trinajstić information content (AvgIpc) is 3.55. The van der Waals surface area contributed by atoms with Crippen LogP contribution in [0.4, 0.5) is 9.52 Å². The van der Waals surface area contributed by atoms with Crippen LogP contribution in [0.25, 0.3) is 5.76 Å². The van der Waals surface area contributed by atoms with Crippen LogP contribution in [0.3, 0.4) is 0 Å². The molecule has 0 aliphatic carbocycles. The number of ether oxygens (including phenoxy) is 1. The van der Waals surface area contributed by atoms with E-state index in [4.69, 9.17) is 4.74 Å². The van der Waals surface area contributed by atoms with Crippen molar-refractivity contribution in [2.24, 2.45) is 0 Å². The summed E-state index contributed by atoms with van der Waals surface area (Å²) in [6.07, 6.45) is 1.87. The molecule has 1 saturated heterocycles. The normalized spacial score (nSPS) is 16.4. The molecule has 10 heteroatoms. The van der Waals surface area contributed by atoms with Crippen molar-refractivity contribution in [2.75, 3.05) is 11.5 Å². The summed E-state index contributed by atoms with van der Waals surface area (Å²) in [5, 5.41) is 20.0. The lowest BCUT2D eigenvalue weighted by Crippen LogP contribution is -2.29. The number of nitrogens with zero attached hydrogens (tertiary/aromatic N) is 3. The highest BCUT2D eigenvalue weighted by atomic mass is 32.2. The van der Waals surface area contributed by atoms with Crippen molar-refractivity contribution in [3.05, 3.63) is 107 Å². The Hall–Kier alpha value is -4.02. The van der Waals surface area contributed by atoms with E-state index in [1.54, 1.807) is 60.7 Å².